The van der Waals surface area contributed by atoms with Crippen molar-refractivity contribution < 1.29 is 9.53 Å². The molecule has 2 heterocycles. The Morgan fingerprint density at radius 3 is 2.58 bits per heavy atom. The summed E-state index contributed by atoms with van der Waals surface area (Å²) < 4.78 is 8.24. The molecule has 1 atom stereocenters. The maximum absolute atomic E-state index is 12.0. The monoisotopic (exact) mass is 436 g/mol. The molecule has 1 aromatic heterocycles. The highest BCUT2D eigenvalue weighted by atomic mass is 16.5. The van der Waals surface area contributed by atoms with Crippen molar-refractivity contribution in [1.82, 2.24) is 9.55 Å². The molecule has 1 aliphatic rings. The zero-order chi connectivity index (χ0) is 22.8. The van der Waals surface area contributed by atoms with Crippen molar-refractivity contribution in [3.63, 3.8) is 0 Å². The fraction of sp³-hybridized carbons (Fsp3) is 0.222. The van der Waals surface area contributed by atoms with E-state index in [4.69, 9.17) is 9.72 Å². The van der Waals surface area contributed by atoms with Gasteiger partial charge < -0.3 is 14.2 Å². The molecule has 0 saturated carbocycles. The van der Waals surface area contributed by atoms with Gasteiger partial charge in [-0.2, -0.15) is 5.26 Å². The van der Waals surface area contributed by atoms with Crippen molar-refractivity contribution in [2.75, 3.05) is 11.4 Å². The van der Waals surface area contributed by atoms with E-state index in [1.165, 1.54) is 0 Å². The largest absolute Gasteiger partial charge is 0.486 e. The highest BCUT2D eigenvalue weighted by Gasteiger charge is 2.22. The van der Waals surface area contributed by atoms with Gasteiger partial charge in [-0.25, -0.2) is 4.98 Å². The third-order valence-corrected chi connectivity index (χ3v) is 6.15. The van der Waals surface area contributed by atoms with E-state index in [2.05, 4.69) is 29.7 Å². The maximum Gasteiger partial charge on any atom is 0.227 e. The van der Waals surface area contributed by atoms with Gasteiger partial charge in [0, 0.05) is 18.7 Å². The number of hydrogen-bond donors (Lipinski definition) is 0. The lowest BCUT2D eigenvalue weighted by atomic mass is 10.1. The van der Waals surface area contributed by atoms with Crippen molar-refractivity contribution in [3.05, 3.63) is 89.7 Å². The quantitative estimate of drug-likeness (QED) is 0.415. The average Bonchev–Trinajstić information content (AvgIpc) is 3.45. The Balaban J connectivity index is 1.44. The van der Waals surface area contributed by atoms with Crippen LogP contribution in [0.15, 0.2) is 72.8 Å². The molecule has 6 nitrogen and oxygen atoms in total. The summed E-state index contributed by atoms with van der Waals surface area (Å²) in [5.41, 5.74) is 4.40. The van der Waals surface area contributed by atoms with Crippen LogP contribution in [0.5, 0.6) is 5.75 Å². The van der Waals surface area contributed by atoms with E-state index in [1.54, 1.807) is 6.07 Å². The first-order valence-electron chi connectivity index (χ1n) is 11.1. The van der Waals surface area contributed by atoms with Crippen LogP contribution >= 0.6 is 0 Å². The highest BCUT2D eigenvalue weighted by Crippen LogP contribution is 2.28. The van der Waals surface area contributed by atoms with Gasteiger partial charge in [-0.3, -0.25) is 4.79 Å². The van der Waals surface area contributed by atoms with Gasteiger partial charge in [0.15, 0.2) is 0 Å². The fourth-order valence-electron chi connectivity index (χ4n) is 4.42. The minimum Gasteiger partial charge on any atom is -0.486 e. The van der Waals surface area contributed by atoms with Gasteiger partial charge in [0.25, 0.3) is 0 Å². The molecule has 1 amide bonds. The molecule has 1 fully saturated rings. The Bertz CT molecular complexity index is 1340. The molecule has 0 unspecified atom stereocenters. The lowest BCUT2D eigenvalue weighted by Crippen LogP contribution is -2.23. The summed E-state index contributed by atoms with van der Waals surface area (Å²) in [6.45, 7) is 3.18. The summed E-state index contributed by atoms with van der Waals surface area (Å²) in [6.07, 6.45) is 1.52. The molecule has 1 saturated heterocycles. The topological polar surface area (TPSA) is 71.2 Å². The molecule has 0 N–H and O–H groups in total. The molecular weight excluding hydrogens is 412 g/mol. The summed E-state index contributed by atoms with van der Waals surface area (Å²) in [5, 5.41) is 9.39. The minimum atomic E-state index is 0.0206. The zero-order valence-corrected chi connectivity index (χ0v) is 18.4. The number of nitriles is 1. The molecule has 1 aliphatic heterocycles. The van der Waals surface area contributed by atoms with Crippen LogP contribution in [-0.4, -0.2) is 22.0 Å². The van der Waals surface area contributed by atoms with Gasteiger partial charge in [-0.05, 0) is 61.4 Å². The Labute approximate surface area is 192 Å². The normalized spacial score (nSPS) is 14.4. The first-order chi connectivity index (χ1) is 16.1. The molecule has 4 aromatic rings. The number of benzene rings is 3. The average molecular weight is 437 g/mol. The van der Waals surface area contributed by atoms with Gasteiger partial charge in [0.2, 0.25) is 5.91 Å². The maximum atomic E-state index is 12.0. The number of carbonyl (C=O) groups is 1. The van der Waals surface area contributed by atoms with Crippen LogP contribution in [0.3, 0.4) is 0 Å². The van der Waals surface area contributed by atoms with Gasteiger partial charge in [-0.15, -0.1) is 0 Å². The van der Waals surface area contributed by atoms with E-state index < -0.39 is 0 Å². The Hall–Kier alpha value is -4.11. The Kier molecular flexibility index (Phi) is 5.54. The van der Waals surface area contributed by atoms with Crippen LogP contribution in [0.1, 0.15) is 42.8 Å². The second kappa shape index (κ2) is 8.79. The number of nitrogens with zero attached hydrogens (tertiary/aromatic N) is 4. The van der Waals surface area contributed by atoms with Crippen LogP contribution in [0.25, 0.3) is 11.0 Å². The van der Waals surface area contributed by atoms with E-state index in [9.17, 15) is 10.1 Å². The zero-order valence-electron chi connectivity index (χ0n) is 18.4. The second-order valence-corrected chi connectivity index (χ2v) is 8.23. The molecule has 0 radical (unpaired) electrons. The second-order valence-electron chi connectivity index (χ2n) is 8.23. The van der Waals surface area contributed by atoms with Crippen molar-refractivity contribution in [3.8, 4) is 11.8 Å². The lowest BCUT2D eigenvalue weighted by Gasteiger charge is -2.19. The number of anilines is 1. The van der Waals surface area contributed by atoms with E-state index in [0.717, 1.165) is 41.1 Å². The number of ether oxygens (including phenoxy) is 1. The third-order valence-electron chi connectivity index (χ3n) is 6.15. The van der Waals surface area contributed by atoms with Crippen molar-refractivity contribution >= 4 is 22.6 Å². The molecule has 33 heavy (non-hydrogen) atoms. The molecule has 5 rings (SSSR count). The predicted molar refractivity (Wildman–Crippen MR) is 127 cm³/mol. The standard InChI is InChI=1S/C27H24N4O2/c1-19(21-6-3-2-4-7-21)31-25-16-20(17-28)9-14-24(25)29-26(31)18-33-23-12-10-22(11-13-23)30-15-5-8-27(30)32/h2-4,6-7,9-14,16,19H,5,8,15,18H2,1H3/t19-/m0/s1. The Morgan fingerprint density at radius 1 is 1.09 bits per heavy atom. The molecule has 6 heteroatoms. The first kappa shape index (κ1) is 20.8. The van der Waals surface area contributed by atoms with E-state index in [-0.39, 0.29) is 18.6 Å². The van der Waals surface area contributed by atoms with Crippen LogP contribution < -0.4 is 9.64 Å². The molecule has 0 bridgehead atoms. The number of imidazole rings is 1. The Morgan fingerprint density at radius 2 is 1.88 bits per heavy atom. The van der Waals surface area contributed by atoms with Crippen molar-refractivity contribution in [1.29, 1.82) is 5.26 Å². The van der Waals surface area contributed by atoms with E-state index in [0.29, 0.717) is 17.7 Å². The number of aromatic nitrogens is 2. The van der Waals surface area contributed by atoms with Crippen LogP contribution in [0.2, 0.25) is 0 Å². The smallest absolute Gasteiger partial charge is 0.227 e. The number of hydrogen-bond acceptors (Lipinski definition) is 4. The lowest BCUT2D eigenvalue weighted by molar-refractivity contribution is -0.117. The summed E-state index contributed by atoms with van der Waals surface area (Å²) in [5.74, 6) is 1.67. The van der Waals surface area contributed by atoms with E-state index >= 15 is 0 Å². The molecule has 0 spiro atoms. The minimum absolute atomic E-state index is 0.0206. The highest BCUT2D eigenvalue weighted by molar-refractivity contribution is 5.95. The van der Waals surface area contributed by atoms with Gasteiger partial charge in [0.05, 0.1) is 28.7 Å². The molecule has 3 aromatic carbocycles. The van der Waals surface area contributed by atoms with Gasteiger partial charge in [0.1, 0.15) is 18.2 Å². The molecular formula is C27H24N4O2. The summed E-state index contributed by atoms with van der Waals surface area (Å²) in [4.78, 5) is 18.6. The summed E-state index contributed by atoms with van der Waals surface area (Å²) in [6, 6.07) is 25.7. The summed E-state index contributed by atoms with van der Waals surface area (Å²) in [7, 11) is 0. The SMILES string of the molecule is C[C@@H](c1ccccc1)n1c(COc2ccc(N3CCCC3=O)cc2)nc2ccc(C#N)cc21. The van der Waals surface area contributed by atoms with Crippen LogP contribution in [0.4, 0.5) is 5.69 Å². The fourth-order valence-corrected chi connectivity index (χ4v) is 4.42. The van der Waals surface area contributed by atoms with E-state index in [1.807, 2.05) is 59.5 Å². The van der Waals surface area contributed by atoms with Crippen LogP contribution in [-0.2, 0) is 11.4 Å². The first-order valence-corrected chi connectivity index (χ1v) is 11.1. The summed E-state index contributed by atoms with van der Waals surface area (Å²) >= 11 is 0. The number of amides is 1. The van der Waals surface area contributed by atoms with Crippen molar-refractivity contribution in [2.24, 2.45) is 0 Å². The van der Waals surface area contributed by atoms with Crippen LogP contribution in [0, 0.1) is 11.3 Å². The number of carbonyl (C=O) groups excluding carboxylic acids is 1. The van der Waals surface area contributed by atoms with Crippen molar-refractivity contribution in [2.45, 2.75) is 32.4 Å². The number of rotatable bonds is 6. The van der Waals surface area contributed by atoms with Gasteiger partial charge in [-0.1, -0.05) is 30.3 Å². The number of fused-ring (bicyclic) bond motifs is 1. The predicted octanol–water partition coefficient (Wildman–Crippen LogP) is 5.22. The molecule has 164 valence electrons. The molecule has 0 aliphatic carbocycles. The van der Waals surface area contributed by atoms with Gasteiger partial charge >= 0.3 is 0 Å². The third kappa shape index (κ3) is 4.06.